The molecule has 1 N–H and O–H groups in total. The van der Waals surface area contributed by atoms with E-state index in [1.807, 2.05) is 79.9 Å². The van der Waals surface area contributed by atoms with Crippen LogP contribution in [0.25, 0.3) is 10.9 Å². The van der Waals surface area contributed by atoms with Crippen LogP contribution in [0.3, 0.4) is 0 Å². The fraction of sp³-hybridized carbons (Fsp3) is 0.182. The molecule has 1 atom stereocenters. The van der Waals surface area contributed by atoms with Crippen LogP contribution in [0.5, 0.6) is 0 Å². The SMILES string of the molecule is Cc1ccc(Cn2cc(C(CC(=O)NCc3ccccc3)c3ccc(Cl)c(C(F)(F)F)c3)c3ccccc32)cc1. The molecule has 204 valence electrons. The second-order valence-electron chi connectivity index (χ2n) is 9.97. The summed E-state index contributed by atoms with van der Waals surface area (Å²) in [6.45, 7) is 2.94. The molecule has 1 heterocycles. The van der Waals surface area contributed by atoms with Gasteiger partial charge in [0.1, 0.15) is 0 Å². The first-order valence-corrected chi connectivity index (χ1v) is 13.4. The number of para-hydroxylation sites is 1. The molecule has 0 saturated carbocycles. The van der Waals surface area contributed by atoms with Crippen LogP contribution in [0, 0.1) is 6.92 Å². The highest BCUT2D eigenvalue weighted by Crippen LogP contribution is 2.40. The smallest absolute Gasteiger partial charge is 0.352 e. The molecule has 5 aromatic rings. The molecule has 7 heteroatoms. The van der Waals surface area contributed by atoms with Crippen molar-refractivity contribution in [3.05, 3.63) is 142 Å². The van der Waals surface area contributed by atoms with E-state index in [2.05, 4.69) is 22.0 Å². The quantitative estimate of drug-likeness (QED) is 0.203. The number of hydrogen-bond donors (Lipinski definition) is 1. The topological polar surface area (TPSA) is 34.0 Å². The fourth-order valence-electron chi connectivity index (χ4n) is 5.01. The molecule has 0 spiro atoms. The number of carbonyl (C=O) groups is 1. The van der Waals surface area contributed by atoms with Gasteiger partial charge in [0.25, 0.3) is 0 Å². The Morgan fingerprint density at radius 1 is 0.900 bits per heavy atom. The molecule has 5 rings (SSSR count). The minimum Gasteiger partial charge on any atom is -0.352 e. The van der Waals surface area contributed by atoms with Crippen LogP contribution in [0.15, 0.2) is 103 Å². The average Bonchev–Trinajstić information content (AvgIpc) is 3.30. The first-order valence-electron chi connectivity index (χ1n) is 13.0. The highest BCUT2D eigenvalue weighted by Gasteiger charge is 2.34. The lowest BCUT2D eigenvalue weighted by Crippen LogP contribution is -2.25. The van der Waals surface area contributed by atoms with E-state index in [0.29, 0.717) is 18.7 Å². The van der Waals surface area contributed by atoms with Crippen molar-refractivity contribution >= 4 is 28.4 Å². The summed E-state index contributed by atoms with van der Waals surface area (Å²) in [5.74, 6) is -0.883. The van der Waals surface area contributed by atoms with Gasteiger partial charge in [-0.2, -0.15) is 13.2 Å². The molecular formula is C33H28ClF3N2O. The molecule has 0 fully saturated rings. The zero-order chi connectivity index (χ0) is 28.3. The third-order valence-electron chi connectivity index (χ3n) is 7.09. The van der Waals surface area contributed by atoms with E-state index in [1.54, 1.807) is 6.07 Å². The highest BCUT2D eigenvalue weighted by molar-refractivity contribution is 6.31. The third kappa shape index (κ3) is 6.23. The van der Waals surface area contributed by atoms with E-state index in [0.717, 1.165) is 39.2 Å². The fourth-order valence-corrected chi connectivity index (χ4v) is 5.24. The van der Waals surface area contributed by atoms with Gasteiger partial charge in [-0.25, -0.2) is 0 Å². The van der Waals surface area contributed by atoms with Crippen LogP contribution < -0.4 is 5.32 Å². The molecule has 40 heavy (non-hydrogen) atoms. The number of fused-ring (bicyclic) bond motifs is 1. The number of aryl methyl sites for hydroxylation is 1. The van der Waals surface area contributed by atoms with Gasteiger partial charge >= 0.3 is 6.18 Å². The van der Waals surface area contributed by atoms with Gasteiger partial charge in [0, 0.05) is 42.5 Å². The van der Waals surface area contributed by atoms with Crippen molar-refractivity contribution < 1.29 is 18.0 Å². The summed E-state index contributed by atoms with van der Waals surface area (Å²) in [5.41, 5.74) is 4.39. The third-order valence-corrected chi connectivity index (χ3v) is 7.42. The first kappa shape index (κ1) is 27.5. The Balaban J connectivity index is 1.56. The maximum absolute atomic E-state index is 13.8. The number of halogens is 4. The zero-order valence-corrected chi connectivity index (χ0v) is 22.6. The molecular weight excluding hydrogens is 533 g/mol. The molecule has 1 unspecified atom stereocenters. The lowest BCUT2D eigenvalue weighted by molar-refractivity contribution is -0.137. The van der Waals surface area contributed by atoms with Crippen LogP contribution in [-0.2, 0) is 24.1 Å². The Morgan fingerprint density at radius 3 is 2.33 bits per heavy atom. The summed E-state index contributed by atoms with van der Waals surface area (Å²) in [6, 6.07) is 29.4. The Kier molecular flexibility index (Phi) is 7.99. The van der Waals surface area contributed by atoms with Crippen molar-refractivity contribution in [1.29, 1.82) is 0 Å². The van der Waals surface area contributed by atoms with E-state index < -0.39 is 17.7 Å². The minimum absolute atomic E-state index is 0.0235. The summed E-state index contributed by atoms with van der Waals surface area (Å²) >= 11 is 5.95. The maximum atomic E-state index is 13.8. The van der Waals surface area contributed by atoms with E-state index in [-0.39, 0.29) is 17.4 Å². The number of hydrogen-bond acceptors (Lipinski definition) is 1. The summed E-state index contributed by atoms with van der Waals surface area (Å²) in [6.07, 6.45) is -2.68. The molecule has 1 amide bonds. The predicted molar refractivity (Wildman–Crippen MR) is 153 cm³/mol. The molecule has 4 aromatic carbocycles. The molecule has 0 radical (unpaired) electrons. The van der Waals surface area contributed by atoms with Crippen LogP contribution >= 0.6 is 11.6 Å². The van der Waals surface area contributed by atoms with Gasteiger partial charge in [-0.15, -0.1) is 0 Å². The van der Waals surface area contributed by atoms with Crippen LogP contribution in [-0.4, -0.2) is 10.5 Å². The number of nitrogens with zero attached hydrogens (tertiary/aromatic N) is 1. The second-order valence-corrected chi connectivity index (χ2v) is 10.4. The van der Waals surface area contributed by atoms with Gasteiger partial charge in [0.2, 0.25) is 5.91 Å². The van der Waals surface area contributed by atoms with Gasteiger partial charge in [-0.05, 0) is 47.4 Å². The Labute approximate surface area is 236 Å². The van der Waals surface area contributed by atoms with Gasteiger partial charge in [-0.1, -0.05) is 96.0 Å². The van der Waals surface area contributed by atoms with E-state index in [1.165, 1.54) is 6.07 Å². The van der Waals surface area contributed by atoms with Gasteiger partial charge in [0.05, 0.1) is 10.6 Å². The van der Waals surface area contributed by atoms with Crippen LogP contribution in [0.1, 0.15) is 45.7 Å². The molecule has 0 aliphatic heterocycles. The summed E-state index contributed by atoms with van der Waals surface area (Å²) in [7, 11) is 0. The molecule has 0 bridgehead atoms. The Morgan fingerprint density at radius 2 is 1.60 bits per heavy atom. The Bertz CT molecular complexity index is 1630. The van der Waals surface area contributed by atoms with Crippen molar-refractivity contribution in [3.8, 4) is 0 Å². The number of rotatable bonds is 8. The largest absolute Gasteiger partial charge is 0.417 e. The standard InChI is InChI=1S/C33H28ClF3N2O/c1-22-11-13-24(14-12-22)20-39-21-28(26-9-5-6-10-31(26)39)27(18-32(40)38-19-23-7-3-2-4-8-23)25-15-16-30(34)29(17-25)33(35,36)37/h2-17,21,27H,18-20H2,1H3,(H,38,40). The lowest BCUT2D eigenvalue weighted by atomic mass is 9.87. The van der Waals surface area contributed by atoms with Crippen molar-refractivity contribution in [2.24, 2.45) is 0 Å². The molecule has 3 nitrogen and oxygen atoms in total. The number of amides is 1. The molecule has 0 aliphatic carbocycles. The zero-order valence-electron chi connectivity index (χ0n) is 21.9. The van der Waals surface area contributed by atoms with E-state index >= 15 is 0 Å². The van der Waals surface area contributed by atoms with Crippen molar-refractivity contribution in [2.45, 2.75) is 38.5 Å². The van der Waals surface area contributed by atoms with Gasteiger partial charge < -0.3 is 9.88 Å². The second kappa shape index (κ2) is 11.6. The summed E-state index contributed by atoms with van der Waals surface area (Å²) in [5, 5.41) is 3.45. The van der Waals surface area contributed by atoms with Gasteiger partial charge in [-0.3, -0.25) is 4.79 Å². The van der Waals surface area contributed by atoms with E-state index in [4.69, 9.17) is 11.6 Å². The molecule has 0 saturated heterocycles. The van der Waals surface area contributed by atoms with Crippen LogP contribution in [0.4, 0.5) is 13.2 Å². The normalized spacial score (nSPS) is 12.4. The predicted octanol–water partition coefficient (Wildman–Crippen LogP) is 8.51. The molecule has 1 aromatic heterocycles. The number of benzene rings is 4. The monoisotopic (exact) mass is 560 g/mol. The van der Waals surface area contributed by atoms with Crippen molar-refractivity contribution in [3.63, 3.8) is 0 Å². The number of carbonyl (C=O) groups excluding carboxylic acids is 1. The minimum atomic E-state index is -4.62. The number of nitrogens with one attached hydrogen (secondary N) is 1. The number of alkyl halides is 3. The van der Waals surface area contributed by atoms with Crippen molar-refractivity contribution in [2.75, 3.05) is 0 Å². The van der Waals surface area contributed by atoms with Crippen LogP contribution in [0.2, 0.25) is 5.02 Å². The molecule has 0 aliphatic rings. The average molecular weight is 561 g/mol. The summed E-state index contributed by atoms with van der Waals surface area (Å²) < 4.78 is 43.6. The number of aromatic nitrogens is 1. The maximum Gasteiger partial charge on any atom is 0.417 e. The first-order chi connectivity index (χ1) is 19.2. The highest BCUT2D eigenvalue weighted by atomic mass is 35.5. The lowest BCUT2D eigenvalue weighted by Gasteiger charge is -2.19. The summed E-state index contributed by atoms with van der Waals surface area (Å²) in [4.78, 5) is 13.2. The van der Waals surface area contributed by atoms with Crippen molar-refractivity contribution in [1.82, 2.24) is 9.88 Å². The van der Waals surface area contributed by atoms with Gasteiger partial charge in [0.15, 0.2) is 0 Å². The Hall–Kier alpha value is -4.03. The van der Waals surface area contributed by atoms with E-state index in [9.17, 15) is 18.0 Å².